The minimum atomic E-state index is -0.559. The third-order valence-electron chi connectivity index (χ3n) is 4.66. The molecule has 0 bridgehead atoms. The van der Waals surface area contributed by atoms with Gasteiger partial charge in [0.15, 0.2) is 0 Å². The normalized spacial score (nSPS) is 16.7. The summed E-state index contributed by atoms with van der Waals surface area (Å²) in [6.07, 6.45) is 0. The van der Waals surface area contributed by atoms with Crippen LogP contribution in [0.15, 0.2) is 42.5 Å². The molecule has 1 atom stereocenters. The first-order valence-corrected chi connectivity index (χ1v) is 8.57. The number of hydrogen-bond acceptors (Lipinski definition) is 2. The summed E-state index contributed by atoms with van der Waals surface area (Å²) in [5, 5.41) is 0.341. The van der Waals surface area contributed by atoms with E-state index in [9.17, 15) is 13.6 Å². The van der Waals surface area contributed by atoms with Crippen molar-refractivity contribution >= 4 is 17.5 Å². The number of rotatable bonds is 3. The first-order chi connectivity index (χ1) is 12.0. The maximum atomic E-state index is 13.9. The quantitative estimate of drug-likeness (QED) is 0.817. The van der Waals surface area contributed by atoms with E-state index in [-0.39, 0.29) is 23.3 Å². The largest absolute Gasteiger partial charge is 0.336 e. The van der Waals surface area contributed by atoms with Gasteiger partial charge in [-0.15, -0.1) is 0 Å². The van der Waals surface area contributed by atoms with Crippen LogP contribution in [0.4, 0.5) is 8.78 Å². The predicted octanol–water partition coefficient (Wildman–Crippen LogP) is 4.14. The monoisotopic (exact) mass is 364 g/mol. The Kier molecular flexibility index (Phi) is 5.35. The van der Waals surface area contributed by atoms with Gasteiger partial charge in [0.1, 0.15) is 11.6 Å². The Bertz CT molecular complexity index is 759. The van der Waals surface area contributed by atoms with Crippen molar-refractivity contribution in [3.8, 4) is 0 Å². The molecule has 1 saturated heterocycles. The highest BCUT2D eigenvalue weighted by atomic mass is 35.5. The van der Waals surface area contributed by atoms with Gasteiger partial charge in [-0.05, 0) is 42.8 Å². The molecule has 25 heavy (non-hydrogen) atoms. The molecule has 0 N–H and O–H groups in total. The van der Waals surface area contributed by atoms with E-state index in [4.69, 9.17) is 11.6 Å². The summed E-state index contributed by atoms with van der Waals surface area (Å²) in [5.41, 5.74) is 1.04. The first-order valence-electron chi connectivity index (χ1n) is 8.19. The molecule has 132 valence electrons. The fourth-order valence-corrected chi connectivity index (χ4v) is 3.27. The van der Waals surface area contributed by atoms with Crippen molar-refractivity contribution in [3.05, 3.63) is 70.2 Å². The van der Waals surface area contributed by atoms with Crippen molar-refractivity contribution in [2.45, 2.75) is 13.0 Å². The lowest BCUT2D eigenvalue weighted by Crippen LogP contribution is -2.49. The minimum absolute atomic E-state index is 0.00698. The van der Waals surface area contributed by atoms with Gasteiger partial charge in [0.25, 0.3) is 5.91 Å². The minimum Gasteiger partial charge on any atom is -0.336 e. The standard InChI is InChI=1S/C19H19ClF2N2O/c1-13(14-2-5-16(21)6-3-14)23-8-10-24(11-9-23)19(25)17-12-15(20)4-7-18(17)22/h2-7,12-13H,8-11H2,1H3. The molecule has 1 aliphatic heterocycles. The molecule has 0 spiro atoms. The van der Waals surface area contributed by atoms with Gasteiger partial charge in [0.05, 0.1) is 5.56 Å². The second kappa shape index (κ2) is 7.50. The third-order valence-corrected chi connectivity index (χ3v) is 4.90. The van der Waals surface area contributed by atoms with Gasteiger partial charge in [-0.3, -0.25) is 9.69 Å². The summed E-state index contributed by atoms with van der Waals surface area (Å²) in [7, 11) is 0. The van der Waals surface area contributed by atoms with Crippen LogP contribution < -0.4 is 0 Å². The number of hydrogen-bond donors (Lipinski definition) is 0. The summed E-state index contributed by atoms with van der Waals surface area (Å²) < 4.78 is 26.9. The van der Waals surface area contributed by atoms with E-state index in [1.807, 2.05) is 0 Å². The van der Waals surface area contributed by atoms with Crippen LogP contribution >= 0.6 is 11.6 Å². The van der Waals surface area contributed by atoms with E-state index < -0.39 is 5.82 Å². The summed E-state index contributed by atoms with van der Waals surface area (Å²) in [6.45, 7) is 4.42. The van der Waals surface area contributed by atoms with Crippen molar-refractivity contribution in [3.63, 3.8) is 0 Å². The molecule has 0 saturated carbocycles. The van der Waals surface area contributed by atoms with E-state index in [1.165, 1.54) is 30.3 Å². The summed E-state index contributed by atoms with van der Waals surface area (Å²) in [6, 6.07) is 10.6. The molecule has 1 unspecified atom stereocenters. The molecule has 1 heterocycles. The lowest BCUT2D eigenvalue weighted by molar-refractivity contribution is 0.0577. The zero-order valence-corrected chi connectivity index (χ0v) is 14.6. The molecule has 0 aromatic heterocycles. The van der Waals surface area contributed by atoms with E-state index in [2.05, 4.69) is 11.8 Å². The number of carbonyl (C=O) groups excluding carboxylic acids is 1. The zero-order valence-electron chi connectivity index (χ0n) is 13.9. The molecule has 3 nitrogen and oxygen atoms in total. The van der Waals surface area contributed by atoms with Crippen molar-refractivity contribution in [2.24, 2.45) is 0 Å². The van der Waals surface area contributed by atoms with Crippen LogP contribution in [0, 0.1) is 11.6 Å². The highest BCUT2D eigenvalue weighted by Gasteiger charge is 2.26. The lowest BCUT2D eigenvalue weighted by Gasteiger charge is -2.38. The number of carbonyl (C=O) groups is 1. The van der Waals surface area contributed by atoms with Gasteiger partial charge < -0.3 is 4.90 Å². The Balaban J connectivity index is 1.64. The fourth-order valence-electron chi connectivity index (χ4n) is 3.10. The molecular weight excluding hydrogens is 346 g/mol. The van der Waals surface area contributed by atoms with Gasteiger partial charge in [-0.2, -0.15) is 0 Å². The molecule has 1 aliphatic rings. The van der Waals surface area contributed by atoms with Crippen LogP contribution in [0.5, 0.6) is 0 Å². The van der Waals surface area contributed by atoms with Gasteiger partial charge >= 0.3 is 0 Å². The summed E-state index contributed by atoms with van der Waals surface area (Å²) in [4.78, 5) is 16.4. The molecule has 1 fully saturated rings. The number of piperazine rings is 1. The maximum absolute atomic E-state index is 13.9. The van der Waals surface area contributed by atoms with Crippen LogP contribution in [0.1, 0.15) is 28.9 Å². The smallest absolute Gasteiger partial charge is 0.256 e. The number of amides is 1. The Morgan fingerprint density at radius 2 is 1.68 bits per heavy atom. The second-order valence-electron chi connectivity index (χ2n) is 6.18. The zero-order chi connectivity index (χ0) is 18.0. The lowest BCUT2D eigenvalue weighted by atomic mass is 10.1. The number of benzene rings is 2. The maximum Gasteiger partial charge on any atom is 0.256 e. The van der Waals surface area contributed by atoms with Crippen molar-refractivity contribution in [2.75, 3.05) is 26.2 Å². The highest BCUT2D eigenvalue weighted by molar-refractivity contribution is 6.31. The van der Waals surface area contributed by atoms with E-state index in [0.29, 0.717) is 31.2 Å². The van der Waals surface area contributed by atoms with Gasteiger partial charge in [0.2, 0.25) is 0 Å². The van der Waals surface area contributed by atoms with Crippen LogP contribution in [-0.4, -0.2) is 41.9 Å². The van der Waals surface area contributed by atoms with Crippen LogP contribution in [0.2, 0.25) is 5.02 Å². The van der Waals surface area contributed by atoms with E-state index in [0.717, 1.165) is 5.56 Å². The average Bonchev–Trinajstić information content (AvgIpc) is 2.63. The highest BCUT2D eigenvalue weighted by Crippen LogP contribution is 2.23. The van der Waals surface area contributed by atoms with Crippen molar-refractivity contribution < 1.29 is 13.6 Å². The third kappa shape index (κ3) is 3.99. The van der Waals surface area contributed by atoms with Crippen LogP contribution in [0.25, 0.3) is 0 Å². The Morgan fingerprint density at radius 3 is 2.32 bits per heavy atom. The van der Waals surface area contributed by atoms with E-state index >= 15 is 0 Å². The van der Waals surface area contributed by atoms with Crippen LogP contribution in [0.3, 0.4) is 0 Å². The molecule has 1 amide bonds. The summed E-state index contributed by atoms with van der Waals surface area (Å²) >= 11 is 5.87. The Hall–Kier alpha value is -1.98. The molecule has 3 rings (SSSR count). The van der Waals surface area contributed by atoms with Gasteiger partial charge in [0, 0.05) is 37.2 Å². The van der Waals surface area contributed by atoms with Crippen molar-refractivity contribution in [1.82, 2.24) is 9.80 Å². The SMILES string of the molecule is CC(c1ccc(F)cc1)N1CCN(C(=O)c2cc(Cl)ccc2F)CC1. The number of halogens is 3. The van der Waals surface area contributed by atoms with Gasteiger partial charge in [-0.1, -0.05) is 23.7 Å². The molecule has 0 radical (unpaired) electrons. The van der Waals surface area contributed by atoms with Gasteiger partial charge in [-0.25, -0.2) is 8.78 Å². The fraction of sp³-hybridized carbons (Fsp3) is 0.316. The summed E-state index contributed by atoms with van der Waals surface area (Å²) in [5.74, 6) is -1.15. The van der Waals surface area contributed by atoms with Crippen LogP contribution in [-0.2, 0) is 0 Å². The molecule has 0 aliphatic carbocycles. The second-order valence-corrected chi connectivity index (χ2v) is 6.62. The molecule has 2 aromatic rings. The Labute approximate surface area is 150 Å². The van der Waals surface area contributed by atoms with E-state index in [1.54, 1.807) is 17.0 Å². The molecular formula is C19H19ClF2N2O. The Morgan fingerprint density at radius 1 is 1.04 bits per heavy atom. The number of nitrogens with zero attached hydrogens (tertiary/aromatic N) is 2. The molecule has 6 heteroatoms. The molecule has 2 aromatic carbocycles. The average molecular weight is 365 g/mol. The topological polar surface area (TPSA) is 23.6 Å². The van der Waals surface area contributed by atoms with Crippen molar-refractivity contribution in [1.29, 1.82) is 0 Å². The first kappa shape index (κ1) is 17.8. The predicted molar refractivity (Wildman–Crippen MR) is 93.7 cm³/mol.